The Morgan fingerprint density at radius 2 is 2.03 bits per heavy atom. The van der Waals surface area contributed by atoms with Gasteiger partial charge in [-0.05, 0) is 44.7 Å². The van der Waals surface area contributed by atoms with E-state index in [9.17, 15) is 4.79 Å². The first-order valence-electron chi connectivity index (χ1n) is 10.6. The van der Waals surface area contributed by atoms with E-state index in [1.54, 1.807) is 11.8 Å². The fourth-order valence-electron chi connectivity index (χ4n) is 4.32. The highest BCUT2D eigenvalue weighted by molar-refractivity contribution is 7.99. The molecule has 154 valence electrons. The molecule has 6 heteroatoms. The van der Waals surface area contributed by atoms with Crippen LogP contribution in [0.1, 0.15) is 55.1 Å². The number of benzene rings is 1. The van der Waals surface area contributed by atoms with Gasteiger partial charge in [0.2, 0.25) is 5.91 Å². The zero-order valence-electron chi connectivity index (χ0n) is 17.3. The number of rotatable bonds is 7. The first-order valence-corrected chi connectivity index (χ1v) is 11.6. The molecule has 1 amide bonds. The minimum atomic E-state index is 0.0725. The molecule has 0 bridgehead atoms. The zero-order chi connectivity index (χ0) is 20.2. The predicted molar refractivity (Wildman–Crippen MR) is 120 cm³/mol. The van der Waals surface area contributed by atoms with E-state index < -0.39 is 0 Å². The largest absolute Gasteiger partial charge is 0.361 e. The van der Waals surface area contributed by atoms with Crippen molar-refractivity contribution in [1.29, 1.82) is 0 Å². The molecule has 0 atom stereocenters. The highest BCUT2D eigenvalue weighted by Gasteiger charge is 2.22. The smallest absolute Gasteiger partial charge is 0.230 e. The van der Waals surface area contributed by atoms with Crippen LogP contribution in [0.25, 0.3) is 10.9 Å². The van der Waals surface area contributed by atoms with E-state index >= 15 is 0 Å². The molecule has 0 aliphatic heterocycles. The third kappa shape index (κ3) is 4.53. The molecule has 2 aromatic heterocycles. The summed E-state index contributed by atoms with van der Waals surface area (Å²) in [6, 6.07) is 8.81. The van der Waals surface area contributed by atoms with Crippen LogP contribution in [0.5, 0.6) is 0 Å². The molecule has 1 fully saturated rings. The molecule has 2 N–H and O–H groups in total. The lowest BCUT2D eigenvalue weighted by Crippen LogP contribution is -2.27. The van der Waals surface area contributed by atoms with Gasteiger partial charge in [0.25, 0.3) is 0 Å². The number of fused-ring (bicyclic) bond motifs is 1. The summed E-state index contributed by atoms with van der Waals surface area (Å²) in [6.07, 6.45) is 9.24. The normalized spacial score (nSPS) is 15.1. The average molecular weight is 411 g/mol. The first-order chi connectivity index (χ1) is 14.1. The Kier molecular flexibility index (Phi) is 6.28. The fraction of sp³-hybridized carbons (Fsp3) is 0.478. The third-order valence-corrected chi connectivity index (χ3v) is 6.97. The standard InChI is InChI=1S/C23H30N4OS/c1-16-17(2)27(19-8-4-3-5-9-19)23(26-16)29-15-22(28)24-13-12-18-14-25-21-11-7-6-10-20(18)21/h6-7,10-11,14,19,25H,3-5,8-9,12-13,15H2,1-2H3,(H,24,28). The molecule has 3 aromatic rings. The lowest BCUT2D eigenvalue weighted by Gasteiger charge is -2.26. The van der Waals surface area contributed by atoms with E-state index in [2.05, 4.69) is 40.8 Å². The molecule has 0 unspecified atom stereocenters. The van der Waals surface area contributed by atoms with Crippen molar-refractivity contribution in [3.05, 3.63) is 47.4 Å². The average Bonchev–Trinajstić information content (AvgIpc) is 3.28. The first kappa shape index (κ1) is 20.1. The van der Waals surface area contributed by atoms with Crippen LogP contribution in [0.4, 0.5) is 0 Å². The van der Waals surface area contributed by atoms with E-state index in [1.807, 2.05) is 18.3 Å². The Bertz CT molecular complexity index is 984. The molecular weight excluding hydrogens is 380 g/mol. The third-order valence-electron chi connectivity index (χ3n) is 6.02. The Morgan fingerprint density at radius 1 is 1.24 bits per heavy atom. The van der Waals surface area contributed by atoms with Gasteiger partial charge in [-0.3, -0.25) is 4.79 Å². The van der Waals surface area contributed by atoms with Gasteiger partial charge in [-0.15, -0.1) is 0 Å². The van der Waals surface area contributed by atoms with Gasteiger partial charge in [0.1, 0.15) is 0 Å². The number of amides is 1. The molecule has 1 aliphatic rings. The minimum Gasteiger partial charge on any atom is -0.361 e. The highest BCUT2D eigenvalue weighted by atomic mass is 32.2. The number of aromatic nitrogens is 3. The van der Waals surface area contributed by atoms with Gasteiger partial charge >= 0.3 is 0 Å². The number of nitrogens with zero attached hydrogens (tertiary/aromatic N) is 2. The summed E-state index contributed by atoms with van der Waals surface area (Å²) >= 11 is 1.57. The van der Waals surface area contributed by atoms with Gasteiger partial charge in [-0.1, -0.05) is 49.2 Å². The number of thioether (sulfide) groups is 1. The molecule has 2 heterocycles. The lowest BCUT2D eigenvalue weighted by molar-refractivity contribution is -0.118. The second kappa shape index (κ2) is 9.08. The topological polar surface area (TPSA) is 62.7 Å². The monoisotopic (exact) mass is 410 g/mol. The van der Waals surface area contributed by atoms with Crippen molar-refractivity contribution in [3.63, 3.8) is 0 Å². The predicted octanol–water partition coefficient (Wildman–Crippen LogP) is 4.94. The molecule has 5 nitrogen and oxygen atoms in total. The van der Waals surface area contributed by atoms with Crippen LogP contribution in [0, 0.1) is 13.8 Å². The Balaban J connectivity index is 1.31. The van der Waals surface area contributed by atoms with Crippen molar-refractivity contribution < 1.29 is 4.79 Å². The second-order valence-electron chi connectivity index (χ2n) is 7.98. The number of nitrogens with one attached hydrogen (secondary N) is 2. The maximum atomic E-state index is 12.4. The molecule has 29 heavy (non-hydrogen) atoms. The van der Waals surface area contributed by atoms with Gasteiger partial charge in [-0.2, -0.15) is 0 Å². The van der Waals surface area contributed by atoms with Crippen molar-refractivity contribution in [1.82, 2.24) is 19.9 Å². The summed E-state index contributed by atoms with van der Waals surface area (Å²) in [6.45, 7) is 4.87. The number of aromatic amines is 1. The van der Waals surface area contributed by atoms with E-state index in [0.29, 0.717) is 18.3 Å². The van der Waals surface area contributed by atoms with Crippen LogP contribution >= 0.6 is 11.8 Å². The van der Waals surface area contributed by atoms with E-state index in [1.165, 1.54) is 48.7 Å². The lowest BCUT2D eigenvalue weighted by atomic mass is 9.95. The number of H-pyrrole nitrogens is 1. The number of hydrogen-bond donors (Lipinski definition) is 2. The summed E-state index contributed by atoms with van der Waals surface area (Å²) in [5.41, 5.74) is 4.72. The maximum absolute atomic E-state index is 12.4. The fourth-order valence-corrected chi connectivity index (χ4v) is 5.31. The maximum Gasteiger partial charge on any atom is 0.230 e. The van der Waals surface area contributed by atoms with Gasteiger partial charge in [-0.25, -0.2) is 4.98 Å². The van der Waals surface area contributed by atoms with Crippen LogP contribution in [0.2, 0.25) is 0 Å². The summed E-state index contributed by atoms with van der Waals surface area (Å²) in [7, 11) is 0. The van der Waals surface area contributed by atoms with Crippen LogP contribution in [0.15, 0.2) is 35.6 Å². The molecular formula is C23H30N4OS. The van der Waals surface area contributed by atoms with Crippen molar-refractivity contribution in [2.75, 3.05) is 12.3 Å². The van der Waals surface area contributed by atoms with Crippen LogP contribution in [-0.4, -0.2) is 32.7 Å². The quantitative estimate of drug-likeness (QED) is 0.543. The van der Waals surface area contributed by atoms with Crippen LogP contribution in [-0.2, 0) is 11.2 Å². The summed E-state index contributed by atoms with van der Waals surface area (Å²) < 4.78 is 2.39. The van der Waals surface area contributed by atoms with Gasteiger partial charge in [0.05, 0.1) is 11.4 Å². The molecule has 1 aliphatic carbocycles. The van der Waals surface area contributed by atoms with Crippen molar-refractivity contribution in [2.24, 2.45) is 0 Å². The van der Waals surface area contributed by atoms with Crippen molar-refractivity contribution in [2.45, 2.75) is 63.6 Å². The van der Waals surface area contributed by atoms with Gasteiger partial charge < -0.3 is 14.9 Å². The van der Waals surface area contributed by atoms with E-state index in [0.717, 1.165) is 22.8 Å². The van der Waals surface area contributed by atoms with E-state index in [4.69, 9.17) is 4.98 Å². The number of para-hydroxylation sites is 1. The molecule has 0 spiro atoms. The van der Waals surface area contributed by atoms with Gasteiger partial charge in [0, 0.05) is 35.4 Å². The SMILES string of the molecule is Cc1nc(SCC(=O)NCCc2c[nH]c3ccccc23)n(C2CCCCC2)c1C. The number of imidazole rings is 1. The van der Waals surface area contributed by atoms with Gasteiger partial charge in [0.15, 0.2) is 5.16 Å². The Morgan fingerprint density at radius 3 is 2.86 bits per heavy atom. The Hall–Kier alpha value is -2.21. The zero-order valence-corrected chi connectivity index (χ0v) is 18.1. The second-order valence-corrected chi connectivity index (χ2v) is 8.92. The van der Waals surface area contributed by atoms with Crippen LogP contribution in [0.3, 0.4) is 0 Å². The number of hydrogen-bond acceptors (Lipinski definition) is 3. The number of carbonyl (C=O) groups is 1. The Labute approximate surface area is 176 Å². The number of carbonyl (C=O) groups excluding carboxylic acids is 1. The van der Waals surface area contributed by atoms with Crippen molar-refractivity contribution >= 4 is 28.6 Å². The molecule has 1 saturated carbocycles. The van der Waals surface area contributed by atoms with E-state index in [-0.39, 0.29) is 5.91 Å². The summed E-state index contributed by atoms with van der Waals surface area (Å²) in [5.74, 6) is 0.486. The van der Waals surface area contributed by atoms with Crippen LogP contribution < -0.4 is 5.32 Å². The minimum absolute atomic E-state index is 0.0725. The molecule has 4 rings (SSSR count). The summed E-state index contributed by atoms with van der Waals surface area (Å²) in [4.78, 5) is 20.5. The van der Waals surface area contributed by atoms with Crippen molar-refractivity contribution in [3.8, 4) is 0 Å². The highest BCUT2D eigenvalue weighted by Crippen LogP contribution is 2.34. The molecule has 1 aromatic carbocycles. The molecule has 0 saturated heterocycles. The summed E-state index contributed by atoms with van der Waals surface area (Å²) in [5, 5.41) is 5.30. The number of aryl methyl sites for hydroxylation is 1. The molecule has 0 radical (unpaired) electrons.